The summed E-state index contributed by atoms with van der Waals surface area (Å²) in [5, 5.41) is 16.2. The second-order valence-corrected chi connectivity index (χ2v) is 7.01. The number of rotatable bonds is 6. The zero-order chi connectivity index (χ0) is 18.6. The van der Waals surface area contributed by atoms with E-state index in [1.807, 2.05) is 13.8 Å². The standard InChI is InChI=1S/C16H20N4O4S/c1-4-10(3)17-16-19-15(22)13(25-16)8-14(21)18-11-6-5-9(2)7-12(11)20(23)24/h5-7,10,13H,4,8H2,1-3H3,(H,18,21)(H,17,19,22)/t10-,13-/m1/s1. The molecule has 0 radical (unpaired) electrons. The van der Waals surface area contributed by atoms with E-state index in [-0.39, 0.29) is 29.7 Å². The zero-order valence-electron chi connectivity index (χ0n) is 14.2. The smallest absolute Gasteiger partial charge is 0.293 e. The van der Waals surface area contributed by atoms with Gasteiger partial charge >= 0.3 is 0 Å². The number of carbonyl (C=O) groups is 2. The lowest BCUT2D eigenvalue weighted by molar-refractivity contribution is -0.384. The summed E-state index contributed by atoms with van der Waals surface area (Å²) in [6, 6.07) is 4.65. The van der Waals surface area contributed by atoms with E-state index in [9.17, 15) is 19.7 Å². The van der Waals surface area contributed by atoms with Crippen LogP contribution < -0.4 is 10.6 Å². The van der Waals surface area contributed by atoms with Gasteiger partial charge in [-0.05, 0) is 31.9 Å². The molecule has 0 unspecified atom stereocenters. The molecule has 1 aliphatic rings. The molecule has 25 heavy (non-hydrogen) atoms. The van der Waals surface area contributed by atoms with E-state index in [1.165, 1.54) is 23.9 Å². The lowest BCUT2D eigenvalue weighted by Crippen LogP contribution is -2.28. The van der Waals surface area contributed by atoms with Crippen LogP contribution >= 0.6 is 11.8 Å². The molecule has 2 N–H and O–H groups in total. The SMILES string of the molecule is CC[C@@H](C)N=C1NC(=O)[C@@H](CC(=O)Nc2ccc(C)cc2[N+](=O)[O-])S1. The molecule has 1 aromatic carbocycles. The predicted molar refractivity (Wildman–Crippen MR) is 97.8 cm³/mol. The number of thioether (sulfide) groups is 1. The van der Waals surface area contributed by atoms with Crippen LogP contribution in [0.15, 0.2) is 23.2 Å². The van der Waals surface area contributed by atoms with Gasteiger partial charge in [0.25, 0.3) is 5.69 Å². The minimum Gasteiger partial charge on any atom is -0.320 e. The van der Waals surface area contributed by atoms with Crippen molar-refractivity contribution in [3.8, 4) is 0 Å². The van der Waals surface area contributed by atoms with Gasteiger partial charge in [0.15, 0.2) is 5.17 Å². The molecule has 2 atom stereocenters. The topological polar surface area (TPSA) is 114 Å². The summed E-state index contributed by atoms with van der Waals surface area (Å²) in [5.41, 5.74) is 0.676. The minimum atomic E-state index is -0.590. The first-order chi connectivity index (χ1) is 11.8. The number of amides is 2. The highest BCUT2D eigenvalue weighted by Crippen LogP contribution is 2.27. The van der Waals surface area contributed by atoms with Gasteiger partial charge in [0.05, 0.1) is 4.92 Å². The second-order valence-electron chi connectivity index (χ2n) is 5.82. The lowest BCUT2D eigenvalue weighted by atomic mass is 10.2. The van der Waals surface area contributed by atoms with Gasteiger partial charge < -0.3 is 10.6 Å². The van der Waals surface area contributed by atoms with Gasteiger partial charge in [-0.3, -0.25) is 24.7 Å². The maximum absolute atomic E-state index is 12.2. The number of nitro benzene ring substituents is 1. The fourth-order valence-corrected chi connectivity index (χ4v) is 3.23. The third-order valence-electron chi connectivity index (χ3n) is 3.70. The maximum atomic E-state index is 12.2. The molecule has 1 aromatic rings. The summed E-state index contributed by atoms with van der Waals surface area (Å²) in [7, 11) is 0. The number of carbonyl (C=O) groups excluding carboxylic acids is 2. The number of hydrogen-bond acceptors (Lipinski definition) is 6. The highest BCUT2D eigenvalue weighted by atomic mass is 32.2. The van der Waals surface area contributed by atoms with E-state index in [1.54, 1.807) is 13.0 Å². The van der Waals surface area contributed by atoms with E-state index in [0.717, 1.165) is 12.0 Å². The molecule has 0 saturated carbocycles. The minimum absolute atomic E-state index is 0.0823. The van der Waals surface area contributed by atoms with Gasteiger partial charge in [-0.25, -0.2) is 0 Å². The number of nitro groups is 1. The molecule has 2 rings (SSSR count). The molecule has 134 valence electrons. The summed E-state index contributed by atoms with van der Waals surface area (Å²) in [6.45, 7) is 5.67. The molecule has 0 spiro atoms. The third-order valence-corrected chi connectivity index (χ3v) is 4.80. The van der Waals surface area contributed by atoms with Crippen LogP contribution in [0.5, 0.6) is 0 Å². The number of nitrogens with one attached hydrogen (secondary N) is 2. The van der Waals surface area contributed by atoms with Crippen molar-refractivity contribution >= 4 is 40.1 Å². The monoisotopic (exact) mass is 364 g/mol. The third kappa shape index (κ3) is 5.02. The molecule has 2 amide bonds. The number of hydrogen-bond donors (Lipinski definition) is 2. The number of amidine groups is 1. The van der Waals surface area contributed by atoms with Crippen molar-refractivity contribution in [2.24, 2.45) is 4.99 Å². The van der Waals surface area contributed by atoms with Crippen LogP contribution in [0.2, 0.25) is 0 Å². The van der Waals surface area contributed by atoms with Crippen LogP contribution in [-0.2, 0) is 9.59 Å². The fourth-order valence-electron chi connectivity index (χ4n) is 2.16. The van der Waals surface area contributed by atoms with Crippen molar-refractivity contribution in [3.63, 3.8) is 0 Å². The van der Waals surface area contributed by atoms with Crippen LogP contribution in [-0.4, -0.2) is 33.2 Å². The first-order valence-corrected chi connectivity index (χ1v) is 8.78. The van der Waals surface area contributed by atoms with Gasteiger partial charge in [0.1, 0.15) is 10.9 Å². The van der Waals surface area contributed by atoms with E-state index < -0.39 is 16.1 Å². The molecule has 0 bridgehead atoms. The number of benzene rings is 1. The molecule has 1 aliphatic heterocycles. The highest BCUT2D eigenvalue weighted by molar-refractivity contribution is 8.15. The molecule has 0 aliphatic carbocycles. The Kier molecular flexibility index (Phi) is 6.13. The molecular formula is C16H20N4O4S. The first kappa shape index (κ1) is 18.9. The Bertz CT molecular complexity index is 735. The average molecular weight is 364 g/mol. The molecule has 1 fully saturated rings. The number of aliphatic imine (C=N–C) groups is 1. The largest absolute Gasteiger partial charge is 0.320 e. The lowest BCUT2D eigenvalue weighted by Gasteiger charge is -2.08. The van der Waals surface area contributed by atoms with Crippen LogP contribution in [0.1, 0.15) is 32.3 Å². The van der Waals surface area contributed by atoms with Crippen molar-refractivity contribution in [2.75, 3.05) is 5.32 Å². The van der Waals surface area contributed by atoms with Gasteiger partial charge in [0.2, 0.25) is 11.8 Å². The Morgan fingerprint density at radius 1 is 1.52 bits per heavy atom. The second kappa shape index (κ2) is 8.11. The Morgan fingerprint density at radius 3 is 2.88 bits per heavy atom. The Labute approximate surface area is 149 Å². The van der Waals surface area contributed by atoms with Crippen molar-refractivity contribution < 1.29 is 14.5 Å². The molecule has 9 heteroatoms. The zero-order valence-corrected chi connectivity index (χ0v) is 15.1. The molecule has 1 saturated heterocycles. The number of anilines is 1. The summed E-state index contributed by atoms with van der Waals surface area (Å²) in [5.74, 6) is -0.731. The van der Waals surface area contributed by atoms with E-state index in [0.29, 0.717) is 5.17 Å². The number of aryl methyl sites for hydroxylation is 1. The summed E-state index contributed by atoms with van der Waals surface area (Å²) in [4.78, 5) is 39.1. The molecular weight excluding hydrogens is 344 g/mol. The van der Waals surface area contributed by atoms with Crippen molar-refractivity contribution in [1.29, 1.82) is 0 Å². The van der Waals surface area contributed by atoms with E-state index in [2.05, 4.69) is 15.6 Å². The normalized spacial score (nSPS) is 19.6. The van der Waals surface area contributed by atoms with Gasteiger partial charge in [-0.15, -0.1) is 0 Å². The molecule has 0 aromatic heterocycles. The Hall–Kier alpha value is -2.42. The predicted octanol–water partition coefficient (Wildman–Crippen LogP) is 2.62. The van der Waals surface area contributed by atoms with Gasteiger partial charge in [-0.1, -0.05) is 24.8 Å². The maximum Gasteiger partial charge on any atom is 0.293 e. The van der Waals surface area contributed by atoms with Crippen molar-refractivity contribution in [3.05, 3.63) is 33.9 Å². The van der Waals surface area contributed by atoms with Crippen LogP contribution in [0.4, 0.5) is 11.4 Å². The van der Waals surface area contributed by atoms with Gasteiger partial charge in [-0.2, -0.15) is 0 Å². The van der Waals surface area contributed by atoms with Crippen molar-refractivity contribution in [1.82, 2.24) is 5.32 Å². The quantitative estimate of drug-likeness (QED) is 0.595. The summed E-state index contributed by atoms with van der Waals surface area (Å²) < 4.78 is 0. The summed E-state index contributed by atoms with van der Waals surface area (Å²) >= 11 is 1.21. The average Bonchev–Trinajstić information content (AvgIpc) is 2.87. The van der Waals surface area contributed by atoms with Crippen LogP contribution in [0, 0.1) is 17.0 Å². The van der Waals surface area contributed by atoms with E-state index in [4.69, 9.17) is 0 Å². The molecule has 8 nitrogen and oxygen atoms in total. The first-order valence-electron chi connectivity index (χ1n) is 7.90. The Morgan fingerprint density at radius 2 is 2.24 bits per heavy atom. The molecule has 1 heterocycles. The Balaban J connectivity index is 2.03. The highest BCUT2D eigenvalue weighted by Gasteiger charge is 2.32. The number of nitrogens with zero attached hydrogens (tertiary/aromatic N) is 2. The summed E-state index contributed by atoms with van der Waals surface area (Å²) in [6.07, 6.45) is 0.767. The van der Waals surface area contributed by atoms with Gasteiger partial charge in [0, 0.05) is 18.5 Å². The van der Waals surface area contributed by atoms with Crippen molar-refractivity contribution in [2.45, 2.75) is 44.9 Å². The van der Waals surface area contributed by atoms with E-state index >= 15 is 0 Å². The van der Waals surface area contributed by atoms with Crippen LogP contribution in [0.3, 0.4) is 0 Å². The fraction of sp³-hybridized carbons (Fsp3) is 0.438. The van der Waals surface area contributed by atoms with Crippen LogP contribution in [0.25, 0.3) is 0 Å².